The van der Waals surface area contributed by atoms with E-state index >= 15 is 0 Å². The molecular formula is C14H32O2. The number of aliphatic hydroxyl groups excluding tert-OH is 2. The van der Waals surface area contributed by atoms with Gasteiger partial charge in [0.1, 0.15) is 0 Å². The quantitative estimate of drug-likeness (QED) is 0.594. The van der Waals surface area contributed by atoms with Gasteiger partial charge in [-0.2, -0.15) is 0 Å². The number of unbranched alkanes of at least 4 members (excludes halogenated alkanes) is 4. The fourth-order valence-electron chi connectivity index (χ4n) is 1.47. The zero-order valence-electron chi connectivity index (χ0n) is 11.5. The fourth-order valence-corrected chi connectivity index (χ4v) is 1.47. The third-order valence-corrected chi connectivity index (χ3v) is 2.81. The Kier molecular flexibility index (Phi) is 19.8. The molecule has 0 spiro atoms. The maximum Gasteiger partial charge on any atom is 0.0459 e. The molecule has 0 saturated carbocycles. The Morgan fingerprint density at radius 2 is 1.38 bits per heavy atom. The molecule has 1 unspecified atom stereocenters. The van der Waals surface area contributed by atoms with Crippen molar-refractivity contribution >= 4 is 0 Å². The molecule has 0 aliphatic rings. The normalized spacial score (nSPS) is 11.8. The molecule has 2 heteroatoms. The summed E-state index contributed by atoms with van der Waals surface area (Å²) in [6.07, 6.45) is 9.54. The standard InChI is InChI=1S/C8H18O2.C6H14/c1-2-8(7-10)5-3-4-6-9;1-3-5-6-4-2/h8-10H,2-7H2,1H3;3-6H2,1-2H3. The lowest BCUT2D eigenvalue weighted by molar-refractivity contribution is 0.206. The number of hydrogen-bond acceptors (Lipinski definition) is 2. The third kappa shape index (κ3) is 16.4. The molecule has 1 atom stereocenters. The molecule has 0 fully saturated rings. The van der Waals surface area contributed by atoms with E-state index in [0.29, 0.717) is 12.5 Å². The van der Waals surface area contributed by atoms with Crippen molar-refractivity contribution in [3.63, 3.8) is 0 Å². The van der Waals surface area contributed by atoms with Crippen LogP contribution in [0.5, 0.6) is 0 Å². The van der Waals surface area contributed by atoms with E-state index in [1.54, 1.807) is 0 Å². The Morgan fingerprint density at radius 3 is 1.69 bits per heavy atom. The van der Waals surface area contributed by atoms with Crippen molar-refractivity contribution in [3.05, 3.63) is 0 Å². The van der Waals surface area contributed by atoms with Crippen LogP contribution in [0.25, 0.3) is 0 Å². The van der Waals surface area contributed by atoms with E-state index in [9.17, 15) is 0 Å². The molecule has 0 amide bonds. The molecule has 0 saturated heterocycles. The lowest BCUT2D eigenvalue weighted by Gasteiger charge is -2.09. The highest BCUT2D eigenvalue weighted by atomic mass is 16.3. The second-order valence-electron chi connectivity index (χ2n) is 4.38. The lowest BCUT2D eigenvalue weighted by atomic mass is 10.0. The topological polar surface area (TPSA) is 40.5 Å². The number of rotatable bonds is 9. The van der Waals surface area contributed by atoms with Crippen LogP contribution in [0.1, 0.15) is 72.1 Å². The summed E-state index contributed by atoms with van der Waals surface area (Å²) in [6, 6.07) is 0. The predicted molar refractivity (Wildman–Crippen MR) is 71.6 cm³/mol. The summed E-state index contributed by atoms with van der Waals surface area (Å²) in [4.78, 5) is 0. The highest BCUT2D eigenvalue weighted by Gasteiger charge is 2.02. The van der Waals surface area contributed by atoms with Crippen LogP contribution in [0.2, 0.25) is 0 Å². The first-order valence-electron chi connectivity index (χ1n) is 6.98. The number of aliphatic hydroxyl groups is 2. The zero-order valence-corrected chi connectivity index (χ0v) is 11.5. The highest BCUT2D eigenvalue weighted by Crippen LogP contribution is 2.10. The van der Waals surface area contributed by atoms with Crippen molar-refractivity contribution in [1.82, 2.24) is 0 Å². The van der Waals surface area contributed by atoms with E-state index in [0.717, 1.165) is 25.7 Å². The van der Waals surface area contributed by atoms with Gasteiger partial charge >= 0.3 is 0 Å². The average molecular weight is 232 g/mol. The van der Waals surface area contributed by atoms with Gasteiger partial charge in [-0.1, -0.05) is 59.3 Å². The highest BCUT2D eigenvalue weighted by molar-refractivity contribution is 4.54. The van der Waals surface area contributed by atoms with Crippen molar-refractivity contribution in [3.8, 4) is 0 Å². The van der Waals surface area contributed by atoms with Crippen LogP contribution in [0.15, 0.2) is 0 Å². The molecule has 0 radical (unpaired) electrons. The minimum atomic E-state index is 0.280. The first-order chi connectivity index (χ1) is 7.76. The Morgan fingerprint density at radius 1 is 0.812 bits per heavy atom. The van der Waals surface area contributed by atoms with E-state index in [2.05, 4.69) is 20.8 Å². The van der Waals surface area contributed by atoms with Gasteiger partial charge in [0.25, 0.3) is 0 Å². The van der Waals surface area contributed by atoms with E-state index in [1.165, 1.54) is 25.7 Å². The summed E-state index contributed by atoms with van der Waals surface area (Å²) < 4.78 is 0. The van der Waals surface area contributed by atoms with Crippen molar-refractivity contribution in [1.29, 1.82) is 0 Å². The summed E-state index contributed by atoms with van der Waals surface area (Å²) in [6.45, 7) is 7.12. The third-order valence-electron chi connectivity index (χ3n) is 2.81. The summed E-state index contributed by atoms with van der Waals surface area (Å²) in [5.74, 6) is 0.451. The minimum Gasteiger partial charge on any atom is -0.396 e. The Labute approximate surface area is 102 Å². The predicted octanol–water partition coefficient (Wildman–Crippen LogP) is 3.75. The lowest BCUT2D eigenvalue weighted by Crippen LogP contribution is -2.04. The maximum atomic E-state index is 8.76. The van der Waals surface area contributed by atoms with Gasteiger partial charge in [-0.05, 0) is 18.8 Å². The van der Waals surface area contributed by atoms with Gasteiger partial charge in [0.2, 0.25) is 0 Å². The Hall–Kier alpha value is -0.0800. The molecule has 0 heterocycles. The molecule has 0 aromatic rings. The van der Waals surface area contributed by atoms with Gasteiger partial charge in [0, 0.05) is 13.2 Å². The Balaban J connectivity index is 0. The molecule has 2 N–H and O–H groups in total. The van der Waals surface area contributed by atoms with Crippen molar-refractivity contribution in [2.24, 2.45) is 5.92 Å². The van der Waals surface area contributed by atoms with Gasteiger partial charge in [0.05, 0.1) is 0 Å². The molecule has 16 heavy (non-hydrogen) atoms. The first-order valence-corrected chi connectivity index (χ1v) is 6.98. The van der Waals surface area contributed by atoms with E-state index in [1.807, 2.05) is 0 Å². The largest absolute Gasteiger partial charge is 0.396 e. The van der Waals surface area contributed by atoms with Gasteiger partial charge in [-0.3, -0.25) is 0 Å². The second-order valence-corrected chi connectivity index (χ2v) is 4.38. The van der Waals surface area contributed by atoms with Crippen LogP contribution >= 0.6 is 0 Å². The van der Waals surface area contributed by atoms with E-state index in [-0.39, 0.29) is 6.61 Å². The molecule has 100 valence electrons. The van der Waals surface area contributed by atoms with Crippen LogP contribution in [-0.2, 0) is 0 Å². The molecule has 0 aliphatic heterocycles. The van der Waals surface area contributed by atoms with Gasteiger partial charge in [-0.15, -0.1) is 0 Å². The Bertz CT molecular complexity index is 96.9. The van der Waals surface area contributed by atoms with Crippen LogP contribution in [0.4, 0.5) is 0 Å². The minimum absolute atomic E-state index is 0.280. The molecule has 0 rings (SSSR count). The molecule has 2 nitrogen and oxygen atoms in total. The van der Waals surface area contributed by atoms with Crippen LogP contribution in [0, 0.1) is 5.92 Å². The monoisotopic (exact) mass is 232 g/mol. The van der Waals surface area contributed by atoms with Gasteiger partial charge in [0.15, 0.2) is 0 Å². The van der Waals surface area contributed by atoms with Crippen LogP contribution in [-0.4, -0.2) is 23.4 Å². The molecule has 0 aromatic carbocycles. The van der Waals surface area contributed by atoms with Crippen LogP contribution < -0.4 is 0 Å². The number of hydrogen-bond donors (Lipinski definition) is 2. The van der Waals surface area contributed by atoms with Crippen molar-refractivity contribution < 1.29 is 10.2 Å². The van der Waals surface area contributed by atoms with Gasteiger partial charge in [-0.25, -0.2) is 0 Å². The average Bonchev–Trinajstić information content (AvgIpc) is 2.33. The molecule has 0 aliphatic carbocycles. The second kappa shape index (κ2) is 17.3. The SMILES string of the molecule is CCC(CO)CCCCO.CCCCCC. The summed E-state index contributed by atoms with van der Waals surface area (Å²) >= 11 is 0. The molecule has 0 aromatic heterocycles. The van der Waals surface area contributed by atoms with Crippen LogP contribution in [0.3, 0.4) is 0 Å². The van der Waals surface area contributed by atoms with Crippen molar-refractivity contribution in [2.75, 3.05) is 13.2 Å². The first kappa shape index (κ1) is 18.3. The zero-order chi connectivity index (χ0) is 12.6. The van der Waals surface area contributed by atoms with Crippen molar-refractivity contribution in [2.45, 2.75) is 72.1 Å². The molecule has 0 bridgehead atoms. The summed E-state index contributed by atoms with van der Waals surface area (Å²) in [5.41, 5.74) is 0. The smallest absolute Gasteiger partial charge is 0.0459 e. The maximum absolute atomic E-state index is 8.76. The van der Waals surface area contributed by atoms with E-state index in [4.69, 9.17) is 10.2 Å². The molecular weight excluding hydrogens is 200 g/mol. The summed E-state index contributed by atoms with van der Waals surface area (Å²) in [5, 5.41) is 17.2. The summed E-state index contributed by atoms with van der Waals surface area (Å²) in [7, 11) is 0. The van der Waals surface area contributed by atoms with E-state index < -0.39 is 0 Å². The fraction of sp³-hybridized carbons (Fsp3) is 1.00. The van der Waals surface area contributed by atoms with Gasteiger partial charge < -0.3 is 10.2 Å².